The molecule has 0 fully saturated rings. The summed E-state index contributed by atoms with van der Waals surface area (Å²) < 4.78 is 2.30. The molecule has 0 saturated carbocycles. The number of carbonyl (C=O) groups excluding carboxylic acids is 1. The van der Waals surface area contributed by atoms with Crippen LogP contribution in [0.3, 0.4) is 0 Å². The second kappa shape index (κ2) is 7.69. The number of primary amides is 1. The molecule has 140 valence electrons. The van der Waals surface area contributed by atoms with E-state index in [1.165, 1.54) is 5.56 Å². The lowest BCUT2D eigenvalue weighted by Gasteiger charge is -2.11. The molecule has 0 saturated heterocycles. The van der Waals surface area contributed by atoms with Gasteiger partial charge >= 0.3 is 0 Å². The van der Waals surface area contributed by atoms with Crippen molar-refractivity contribution in [2.24, 2.45) is 5.73 Å². The molecule has 0 bridgehead atoms. The van der Waals surface area contributed by atoms with Crippen molar-refractivity contribution in [2.75, 3.05) is 0 Å². The minimum Gasteiger partial charge on any atom is -0.366 e. The van der Waals surface area contributed by atoms with E-state index in [4.69, 9.17) is 10.7 Å². The minimum atomic E-state index is -0.409. The first-order chi connectivity index (χ1) is 13.7. The van der Waals surface area contributed by atoms with Gasteiger partial charge in [0.15, 0.2) is 0 Å². The van der Waals surface area contributed by atoms with E-state index >= 15 is 0 Å². The summed E-state index contributed by atoms with van der Waals surface area (Å²) in [4.78, 5) is 16.5. The zero-order valence-corrected chi connectivity index (χ0v) is 15.9. The number of rotatable bonds is 6. The maximum atomic E-state index is 11.7. The molecule has 4 rings (SSSR count). The number of nitrogens with zero attached hydrogens (tertiary/aromatic N) is 2. The number of imidazole rings is 1. The van der Waals surface area contributed by atoms with Gasteiger partial charge < -0.3 is 10.3 Å². The van der Waals surface area contributed by atoms with Gasteiger partial charge in [-0.1, -0.05) is 61.5 Å². The third-order valence-corrected chi connectivity index (χ3v) is 5.01. The van der Waals surface area contributed by atoms with Gasteiger partial charge in [0.25, 0.3) is 0 Å². The number of nitrogens with two attached hydrogens (primary N) is 1. The number of hydrogen-bond acceptors (Lipinski definition) is 2. The highest BCUT2D eigenvalue weighted by atomic mass is 16.1. The van der Waals surface area contributed by atoms with Crippen LogP contribution in [-0.4, -0.2) is 15.5 Å². The summed E-state index contributed by atoms with van der Waals surface area (Å²) in [6.07, 6.45) is 2.02. The lowest BCUT2D eigenvalue weighted by molar-refractivity contribution is 0.100. The van der Waals surface area contributed by atoms with Crippen LogP contribution in [0.25, 0.3) is 22.2 Å². The fourth-order valence-corrected chi connectivity index (χ4v) is 3.64. The van der Waals surface area contributed by atoms with Crippen molar-refractivity contribution < 1.29 is 4.79 Å². The van der Waals surface area contributed by atoms with Gasteiger partial charge in [-0.25, -0.2) is 4.98 Å². The topological polar surface area (TPSA) is 60.9 Å². The molecule has 0 aliphatic carbocycles. The average Bonchev–Trinajstić information content (AvgIpc) is 3.06. The molecule has 28 heavy (non-hydrogen) atoms. The first-order valence-electron chi connectivity index (χ1n) is 9.59. The predicted molar refractivity (Wildman–Crippen MR) is 113 cm³/mol. The van der Waals surface area contributed by atoms with Gasteiger partial charge in [0, 0.05) is 18.5 Å². The molecule has 0 radical (unpaired) electrons. The van der Waals surface area contributed by atoms with E-state index in [9.17, 15) is 4.79 Å². The highest BCUT2D eigenvalue weighted by molar-refractivity contribution is 5.99. The number of aromatic nitrogens is 2. The molecule has 1 aromatic heterocycles. The Hall–Kier alpha value is -3.40. The summed E-state index contributed by atoms with van der Waals surface area (Å²) in [6.45, 7) is 2.95. The number of fused-ring (bicyclic) bond motifs is 1. The molecular formula is C24H23N3O. The first-order valence-corrected chi connectivity index (χ1v) is 9.59. The number of hydrogen-bond donors (Lipinski definition) is 1. The summed E-state index contributed by atoms with van der Waals surface area (Å²) >= 11 is 0. The SMILES string of the molecule is CCCc1nc2ccccc2n1Cc1ccc(-c2ccccc2C(N)=O)cc1. The molecule has 3 aromatic carbocycles. The van der Waals surface area contributed by atoms with Gasteiger partial charge in [0.2, 0.25) is 5.91 Å². The molecular weight excluding hydrogens is 346 g/mol. The van der Waals surface area contributed by atoms with Gasteiger partial charge in [0.1, 0.15) is 5.82 Å². The highest BCUT2D eigenvalue weighted by Crippen LogP contribution is 2.25. The number of para-hydroxylation sites is 2. The van der Waals surface area contributed by atoms with E-state index < -0.39 is 5.91 Å². The van der Waals surface area contributed by atoms with Gasteiger partial charge in [-0.2, -0.15) is 0 Å². The quantitative estimate of drug-likeness (QED) is 0.530. The van der Waals surface area contributed by atoms with Crippen molar-refractivity contribution in [1.29, 1.82) is 0 Å². The molecule has 1 heterocycles. The Labute approximate surface area is 164 Å². The molecule has 4 heteroatoms. The van der Waals surface area contributed by atoms with E-state index in [0.717, 1.165) is 47.4 Å². The molecule has 1 amide bonds. The maximum Gasteiger partial charge on any atom is 0.249 e. The van der Waals surface area contributed by atoms with Crippen LogP contribution in [-0.2, 0) is 13.0 Å². The van der Waals surface area contributed by atoms with Crippen LogP contribution in [0.15, 0.2) is 72.8 Å². The number of carbonyl (C=O) groups is 1. The summed E-state index contributed by atoms with van der Waals surface area (Å²) in [6, 6.07) is 24.0. The third-order valence-electron chi connectivity index (χ3n) is 5.01. The van der Waals surface area contributed by atoms with Gasteiger partial charge in [-0.05, 0) is 41.3 Å². The molecule has 4 aromatic rings. The Morgan fingerprint density at radius 1 is 0.964 bits per heavy atom. The number of benzene rings is 3. The van der Waals surface area contributed by atoms with Crippen molar-refractivity contribution >= 4 is 16.9 Å². The summed E-state index contributed by atoms with van der Waals surface area (Å²) in [5.74, 6) is 0.709. The standard InChI is InChI=1S/C24H23N3O/c1-2-7-23-26-21-10-5-6-11-22(21)27(23)16-17-12-14-18(15-13-17)19-8-3-4-9-20(19)24(25)28/h3-6,8-15H,2,7,16H2,1H3,(H2,25,28). The zero-order valence-electron chi connectivity index (χ0n) is 15.9. The zero-order chi connectivity index (χ0) is 19.5. The molecule has 2 N–H and O–H groups in total. The Morgan fingerprint density at radius 3 is 2.43 bits per heavy atom. The smallest absolute Gasteiger partial charge is 0.249 e. The van der Waals surface area contributed by atoms with E-state index in [1.807, 2.05) is 24.3 Å². The van der Waals surface area contributed by atoms with Gasteiger partial charge in [0.05, 0.1) is 11.0 Å². The molecule has 0 aliphatic heterocycles. The van der Waals surface area contributed by atoms with Crippen LogP contribution in [0.5, 0.6) is 0 Å². The lowest BCUT2D eigenvalue weighted by Crippen LogP contribution is -2.12. The molecule has 0 atom stereocenters. The highest BCUT2D eigenvalue weighted by Gasteiger charge is 2.12. The maximum absolute atomic E-state index is 11.7. The lowest BCUT2D eigenvalue weighted by atomic mass is 9.98. The second-order valence-corrected chi connectivity index (χ2v) is 6.96. The summed E-state index contributed by atoms with van der Waals surface area (Å²) in [7, 11) is 0. The van der Waals surface area contributed by atoms with Crippen LogP contribution < -0.4 is 5.73 Å². The van der Waals surface area contributed by atoms with E-state index in [0.29, 0.717) is 5.56 Å². The molecule has 0 aliphatic rings. The van der Waals surface area contributed by atoms with Crippen LogP contribution in [0.4, 0.5) is 0 Å². The van der Waals surface area contributed by atoms with E-state index in [1.54, 1.807) is 6.07 Å². The van der Waals surface area contributed by atoms with Gasteiger partial charge in [-0.15, -0.1) is 0 Å². The van der Waals surface area contributed by atoms with E-state index in [2.05, 4.69) is 54.0 Å². The average molecular weight is 369 g/mol. The summed E-state index contributed by atoms with van der Waals surface area (Å²) in [5.41, 5.74) is 11.3. The van der Waals surface area contributed by atoms with Crippen LogP contribution in [0.1, 0.15) is 35.1 Å². The van der Waals surface area contributed by atoms with Crippen LogP contribution in [0, 0.1) is 0 Å². The molecule has 4 nitrogen and oxygen atoms in total. The Bertz CT molecular complexity index is 1130. The fourth-order valence-electron chi connectivity index (χ4n) is 3.64. The number of aryl methyl sites for hydroxylation is 1. The number of amides is 1. The second-order valence-electron chi connectivity index (χ2n) is 6.96. The molecule has 0 spiro atoms. The Morgan fingerprint density at radius 2 is 1.68 bits per heavy atom. The van der Waals surface area contributed by atoms with Crippen molar-refractivity contribution in [1.82, 2.24) is 9.55 Å². The van der Waals surface area contributed by atoms with Gasteiger partial charge in [-0.3, -0.25) is 4.79 Å². The third kappa shape index (κ3) is 3.41. The van der Waals surface area contributed by atoms with Crippen LogP contribution >= 0.6 is 0 Å². The summed E-state index contributed by atoms with van der Waals surface area (Å²) in [5, 5.41) is 0. The van der Waals surface area contributed by atoms with Crippen molar-refractivity contribution in [3.8, 4) is 11.1 Å². The monoisotopic (exact) mass is 369 g/mol. The minimum absolute atomic E-state index is 0.409. The fraction of sp³-hybridized carbons (Fsp3) is 0.167. The van der Waals surface area contributed by atoms with Crippen molar-refractivity contribution in [2.45, 2.75) is 26.3 Å². The normalized spacial score (nSPS) is 11.0. The molecule has 0 unspecified atom stereocenters. The largest absolute Gasteiger partial charge is 0.366 e. The Kier molecular flexibility index (Phi) is 4.94. The van der Waals surface area contributed by atoms with Crippen molar-refractivity contribution in [3.63, 3.8) is 0 Å². The van der Waals surface area contributed by atoms with Crippen molar-refractivity contribution in [3.05, 3.63) is 89.7 Å². The Balaban J connectivity index is 1.67. The van der Waals surface area contributed by atoms with E-state index in [-0.39, 0.29) is 0 Å². The van der Waals surface area contributed by atoms with Crippen LogP contribution in [0.2, 0.25) is 0 Å². The first kappa shape index (κ1) is 18.0. The predicted octanol–water partition coefficient (Wildman–Crippen LogP) is 4.80.